The lowest BCUT2D eigenvalue weighted by molar-refractivity contribution is 0.0737. The number of benzene rings is 1. The van der Waals surface area contributed by atoms with E-state index in [0.717, 1.165) is 0 Å². The zero-order chi connectivity index (χ0) is 11.5. The molecule has 1 aromatic rings. The van der Waals surface area contributed by atoms with E-state index in [2.05, 4.69) is 5.32 Å². The van der Waals surface area contributed by atoms with Crippen LogP contribution in [0.5, 0.6) is 5.75 Å². The molecule has 2 rings (SSSR count). The number of nitrogens with one attached hydrogen (secondary N) is 1. The average Bonchev–Trinajstić information content (AvgIpc) is 2.65. The van der Waals surface area contributed by atoms with E-state index in [-0.39, 0.29) is 6.10 Å². The molecule has 1 aliphatic heterocycles. The first-order chi connectivity index (χ1) is 7.66. The number of amides is 1. The van der Waals surface area contributed by atoms with Crippen molar-refractivity contribution in [3.05, 3.63) is 29.8 Å². The molecule has 1 amide bonds. The molecule has 1 heterocycles. The Kier molecular flexibility index (Phi) is 3.07. The summed E-state index contributed by atoms with van der Waals surface area (Å²) in [4.78, 5) is 10.8. The minimum absolute atomic E-state index is 0.237. The van der Waals surface area contributed by atoms with Crippen LogP contribution in [0, 0.1) is 0 Å². The van der Waals surface area contributed by atoms with Gasteiger partial charge in [0.1, 0.15) is 18.0 Å². The molecule has 1 saturated heterocycles. The molecule has 0 spiro atoms. The number of ether oxygens (including phenoxy) is 1. The predicted octanol–water partition coefficient (Wildman–Crippen LogP) is -0.503. The molecule has 2 unspecified atom stereocenters. The highest BCUT2D eigenvalue weighted by Crippen LogP contribution is 2.16. The normalized spacial score (nSPS) is 24.3. The van der Waals surface area contributed by atoms with Crippen LogP contribution in [-0.2, 0) is 0 Å². The quantitative estimate of drug-likeness (QED) is 0.643. The average molecular weight is 222 g/mol. The number of carbonyl (C=O) groups is 1. The van der Waals surface area contributed by atoms with Crippen molar-refractivity contribution >= 4 is 5.91 Å². The van der Waals surface area contributed by atoms with Gasteiger partial charge in [-0.1, -0.05) is 0 Å². The molecule has 1 aromatic carbocycles. The number of β-amino-alcohol motifs (C(OH)–C–C–N with tert-alkyl or cyclic N) is 1. The highest BCUT2D eigenvalue weighted by Gasteiger charge is 2.26. The lowest BCUT2D eigenvalue weighted by Gasteiger charge is -2.16. The van der Waals surface area contributed by atoms with Crippen LogP contribution < -0.4 is 15.8 Å². The molecule has 1 aliphatic rings. The SMILES string of the molecule is NC(=O)c1ccc(OC2CNCC2O)cc1. The maximum atomic E-state index is 10.8. The van der Waals surface area contributed by atoms with Crippen LogP contribution in [0.3, 0.4) is 0 Å². The van der Waals surface area contributed by atoms with Crippen LogP contribution in [0.25, 0.3) is 0 Å². The van der Waals surface area contributed by atoms with Gasteiger partial charge in [0, 0.05) is 18.7 Å². The number of rotatable bonds is 3. The standard InChI is InChI=1S/C11H14N2O3/c12-11(15)7-1-3-8(4-2-7)16-10-6-13-5-9(10)14/h1-4,9-10,13-14H,5-6H2,(H2,12,15). The summed E-state index contributed by atoms with van der Waals surface area (Å²) >= 11 is 0. The molecule has 5 heteroatoms. The maximum Gasteiger partial charge on any atom is 0.248 e. The molecule has 0 bridgehead atoms. The van der Waals surface area contributed by atoms with E-state index in [4.69, 9.17) is 10.5 Å². The summed E-state index contributed by atoms with van der Waals surface area (Å²) in [6.45, 7) is 1.17. The van der Waals surface area contributed by atoms with Gasteiger partial charge in [-0.15, -0.1) is 0 Å². The van der Waals surface area contributed by atoms with Crippen LogP contribution in [0.4, 0.5) is 0 Å². The van der Waals surface area contributed by atoms with E-state index in [1.807, 2.05) is 0 Å². The van der Waals surface area contributed by atoms with Crippen molar-refractivity contribution in [2.45, 2.75) is 12.2 Å². The second kappa shape index (κ2) is 4.51. The number of nitrogens with two attached hydrogens (primary N) is 1. The fraction of sp³-hybridized carbons (Fsp3) is 0.364. The molecular formula is C11H14N2O3. The van der Waals surface area contributed by atoms with Gasteiger partial charge in [-0.25, -0.2) is 0 Å². The van der Waals surface area contributed by atoms with Crippen molar-refractivity contribution in [1.82, 2.24) is 5.32 Å². The Morgan fingerprint density at radius 1 is 1.38 bits per heavy atom. The van der Waals surface area contributed by atoms with Gasteiger partial charge in [-0.3, -0.25) is 4.79 Å². The molecule has 4 N–H and O–H groups in total. The second-order valence-corrected chi connectivity index (χ2v) is 3.77. The van der Waals surface area contributed by atoms with Crippen LogP contribution in [0.1, 0.15) is 10.4 Å². The molecule has 16 heavy (non-hydrogen) atoms. The first-order valence-electron chi connectivity index (χ1n) is 5.12. The smallest absolute Gasteiger partial charge is 0.248 e. The molecule has 2 atom stereocenters. The monoisotopic (exact) mass is 222 g/mol. The molecular weight excluding hydrogens is 208 g/mol. The largest absolute Gasteiger partial charge is 0.486 e. The number of carbonyl (C=O) groups excluding carboxylic acids is 1. The van der Waals surface area contributed by atoms with Gasteiger partial charge in [-0.05, 0) is 24.3 Å². The summed E-state index contributed by atoms with van der Waals surface area (Å²) in [5.74, 6) is 0.159. The third-order valence-electron chi connectivity index (χ3n) is 2.55. The molecule has 0 saturated carbocycles. The fourth-order valence-corrected chi connectivity index (χ4v) is 1.63. The highest BCUT2D eigenvalue weighted by molar-refractivity contribution is 5.92. The zero-order valence-corrected chi connectivity index (χ0v) is 8.72. The molecule has 1 fully saturated rings. The third-order valence-corrected chi connectivity index (χ3v) is 2.55. The summed E-state index contributed by atoms with van der Waals surface area (Å²) in [7, 11) is 0. The first kappa shape index (κ1) is 10.9. The summed E-state index contributed by atoms with van der Waals surface area (Å²) in [5, 5.41) is 12.6. The van der Waals surface area contributed by atoms with Gasteiger partial charge in [0.25, 0.3) is 0 Å². The predicted molar refractivity (Wildman–Crippen MR) is 58.3 cm³/mol. The molecule has 86 valence electrons. The Labute approximate surface area is 93.2 Å². The summed E-state index contributed by atoms with van der Waals surface area (Å²) in [6, 6.07) is 6.55. The minimum atomic E-state index is -0.490. The number of primary amides is 1. The minimum Gasteiger partial charge on any atom is -0.486 e. The summed E-state index contributed by atoms with van der Waals surface area (Å²) in [5.41, 5.74) is 5.56. The van der Waals surface area contributed by atoms with Crippen molar-refractivity contribution in [1.29, 1.82) is 0 Å². The van der Waals surface area contributed by atoms with E-state index in [1.54, 1.807) is 24.3 Å². The van der Waals surface area contributed by atoms with Crippen molar-refractivity contribution in [2.24, 2.45) is 5.73 Å². The van der Waals surface area contributed by atoms with E-state index in [0.29, 0.717) is 24.4 Å². The van der Waals surface area contributed by atoms with Gasteiger partial charge in [-0.2, -0.15) is 0 Å². The second-order valence-electron chi connectivity index (χ2n) is 3.77. The number of hydrogen-bond acceptors (Lipinski definition) is 4. The van der Waals surface area contributed by atoms with Crippen LogP contribution >= 0.6 is 0 Å². The number of aliphatic hydroxyl groups is 1. The van der Waals surface area contributed by atoms with Crippen molar-refractivity contribution in [2.75, 3.05) is 13.1 Å². The molecule has 0 aliphatic carbocycles. The van der Waals surface area contributed by atoms with Crippen LogP contribution in [0.15, 0.2) is 24.3 Å². The molecule has 0 aromatic heterocycles. The maximum absolute atomic E-state index is 10.8. The van der Waals surface area contributed by atoms with Gasteiger partial charge in [0.15, 0.2) is 0 Å². The van der Waals surface area contributed by atoms with Crippen molar-refractivity contribution in [3.63, 3.8) is 0 Å². The lowest BCUT2D eigenvalue weighted by atomic mass is 10.2. The molecule has 5 nitrogen and oxygen atoms in total. The Hall–Kier alpha value is -1.59. The Morgan fingerprint density at radius 3 is 2.56 bits per heavy atom. The fourth-order valence-electron chi connectivity index (χ4n) is 1.63. The van der Waals surface area contributed by atoms with Gasteiger partial charge >= 0.3 is 0 Å². The third kappa shape index (κ3) is 2.32. The van der Waals surface area contributed by atoms with Gasteiger partial charge < -0.3 is 20.9 Å². The number of aliphatic hydroxyl groups excluding tert-OH is 1. The Balaban J connectivity index is 2.02. The Bertz CT molecular complexity index is 377. The van der Waals surface area contributed by atoms with Gasteiger partial charge in [0.2, 0.25) is 5.91 Å². The lowest BCUT2D eigenvalue weighted by Crippen LogP contribution is -2.29. The first-order valence-corrected chi connectivity index (χ1v) is 5.12. The Morgan fingerprint density at radius 2 is 2.06 bits per heavy atom. The van der Waals surface area contributed by atoms with Crippen LogP contribution in [-0.4, -0.2) is 36.3 Å². The molecule has 0 radical (unpaired) electrons. The summed E-state index contributed by atoms with van der Waals surface area (Å²) < 4.78 is 5.56. The topological polar surface area (TPSA) is 84.6 Å². The van der Waals surface area contributed by atoms with E-state index in [1.165, 1.54) is 0 Å². The van der Waals surface area contributed by atoms with Crippen molar-refractivity contribution in [3.8, 4) is 5.75 Å². The number of hydrogen-bond donors (Lipinski definition) is 3. The van der Waals surface area contributed by atoms with Crippen molar-refractivity contribution < 1.29 is 14.6 Å². The van der Waals surface area contributed by atoms with Gasteiger partial charge in [0.05, 0.1) is 0 Å². The van der Waals surface area contributed by atoms with E-state index >= 15 is 0 Å². The van der Waals surface area contributed by atoms with Crippen LogP contribution in [0.2, 0.25) is 0 Å². The summed E-state index contributed by atoms with van der Waals surface area (Å²) in [6.07, 6.45) is -0.727. The highest BCUT2D eigenvalue weighted by atomic mass is 16.5. The zero-order valence-electron chi connectivity index (χ0n) is 8.72. The van der Waals surface area contributed by atoms with E-state index in [9.17, 15) is 9.90 Å². The van der Waals surface area contributed by atoms with E-state index < -0.39 is 12.0 Å².